The number of fused-ring (bicyclic) bond motifs is 1. The van der Waals surface area contributed by atoms with Crippen molar-refractivity contribution in [3.8, 4) is 0 Å². The molecular formula is C18H13FN2O. The van der Waals surface area contributed by atoms with Crippen LogP contribution in [0.4, 0.5) is 4.39 Å². The van der Waals surface area contributed by atoms with Crippen LogP contribution in [0.2, 0.25) is 0 Å². The van der Waals surface area contributed by atoms with E-state index in [1.165, 1.54) is 24.3 Å². The van der Waals surface area contributed by atoms with Gasteiger partial charge in [-0.1, -0.05) is 36.4 Å². The average molecular weight is 292 g/mol. The summed E-state index contributed by atoms with van der Waals surface area (Å²) in [5.74, 6) is -0.756. The third-order valence-corrected chi connectivity index (χ3v) is 3.26. The van der Waals surface area contributed by atoms with E-state index in [1.807, 2.05) is 42.5 Å². The molecule has 4 heteroatoms. The van der Waals surface area contributed by atoms with Crippen LogP contribution in [0, 0.1) is 5.82 Å². The van der Waals surface area contributed by atoms with Gasteiger partial charge in [-0.2, -0.15) is 5.10 Å². The highest BCUT2D eigenvalue weighted by atomic mass is 19.1. The van der Waals surface area contributed by atoms with Crippen LogP contribution in [0.3, 0.4) is 0 Å². The summed E-state index contributed by atoms with van der Waals surface area (Å²) < 4.78 is 12.8. The molecule has 1 N–H and O–H groups in total. The zero-order valence-electron chi connectivity index (χ0n) is 11.7. The van der Waals surface area contributed by atoms with Crippen LogP contribution in [-0.4, -0.2) is 12.1 Å². The minimum Gasteiger partial charge on any atom is -0.267 e. The third-order valence-electron chi connectivity index (χ3n) is 3.26. The second-order valence-corrected chi connectivity index (χ2v) is 4.81. The maximum atomic E-state index is 12.8. The summed E-state index contributed by atoms with van der Waals surface area (Å²) in [6.07, 6.45) is 1.58. The molecule has 0 heterocycles. The van der Waals surface area contributed by atoms with Crippen molar-refractivity contribution in [3.05, 3.63) is 83.7 Å². The first-order valence-electron chi connectivity index (χ1n) is 6.80. The number of nitrogens with zero attached hydrogens (tertiary/aromatic N) is 1. The number of hydrogen-bond donors (Lipinski definition) is 1. The van der Waals surface area contributed by atoms with E-state index < -0.39 is 0 Å². The van der Waals surface area contributed by atoms with Gasteiger partial charge in [-0.15, -0.1) is 0 Å². The van der Waals surface area contributed by atoms with E-state index in [0.29, 0.717) is 5.56 Å². The molecule has 3 aromatic carbocycles. The molecule has 0 saturated carbocycles. The number of rotatable bonds is 3. The molecule has 0 aliphatic heterocycles. The molecule has 22 heavy (non-hydrogen) atoms. The number of nitrogens with one attached hydrogen (secondary N) is 1. The van der Waals surface area contributed by atoms with Crippen molar-refractivity contribution >= 4 is 22.9 Å². The highest BCUT2D eigenvalue weighted by molar-refractivity contribution is 5.95. The molecule has 0 spiro atoms. The number of halogens is 1. The van der Waals surface area contributed by atoms with Crippen molar-refractivity contribution in [2.24, 2.45) is 5.10 Å². The van der Waals surface area contributed by atoms with E-state index >= 15 is 0 Å². The number of carbonyl (C=O) groups excluding carboxylic acids is 1. The zero-order chi connectivity index (χ0) is 15.4. The SMILES string of the molecule is O=C(NN=Cc1ccc2ccccc2c1)c1ccc(F)cc1. The van der Waals surface area contributed by atoms with Gasteiger partial charge in [0.2, 0.25) is 0 Å². The van der Waals surface area contributed by atoms with Crippen LogP contribution in [0.25, 0.3) is 10.8 Å². The van der Waals surface area contributed by atoms with E-state index in [1.54, 1.807) is 6.21 Å². The van der Waals surface area contributed by atoms with Gasteiger partial charge in [0.15, 0.2) is 0 Å². The summed E-state index contributed by atoms with van der Waals surface area (Å²) in [5.41, 5.74) is 3.67. The Hall–Kier alpha value is -3.01. The summed E-state index contributed by atoms with van der Waals surface area (Å²) in [4.78, 5) is 11.8. The van der Waals surface area contributed by atoms with Gasteiger partial charge in [0.25, 0.3) is 5.91 Å². The molecule has 0 aromatic heterocycles. The van der Waals surface area contributed by atoms with Gasteiger partial charge in [0, 0.05) is 5.56 Å². The topological polar surface area (TPSA) is 41.5 Å². The van der Waals surface area contributed by atoms with E-state index in [0.717, 1.165) is 16.3 Å². The Bertz CT molecular complexity index is 841. The van der Waals surface area contributed by atoms with Gasteiger partial charge in [0.1, 0.15) is 5.82 Å². The van der Waals surface area contributed by atoms with Crippen LogP contribution < -0.4 is 5.43 Å². The Balaban J connectivity index is 1.70. The molecular weight excluding hydrogens is 279 g/mol. The molecule has 1 amide bonds. The van der Waals surface area contributed by atoms with Crippen molar-refractivity contribution in [2.75, 3.05) is 0 Å². The summed E-state index contributed by atoms with van der Waals surface area (Å²) >= 11 is 0. The fourth-order valence-corrected chi connectivity index (χ4v) is 2.12. The molecule has 0 atom stereocenters. The largest absolute Gasteiger partial charge is 0.271 e. The van der Waals surface area contributed by atoms with E-state index in [4.69, 9.17) is 0 Å². The third kappa shape index (κ3) is 3.17. The van der Waals surface area contributed by atoms with Crippen LogP contribution in [0.15, 0.2) is 71.8 Å². The Kier molecular flexibility index (Phi) is 3.92. The molecule has 108 valence electrons. The van der Waals surface area contributed by atoms with Crippen LogP contribution in [0.1, 0.15) is 15.9 Å². The lowest BCUT2D eigenvalue weighted by atomic mass is 10.1. The van der Waals surface area contributed by atoms with E-state index in [2.05, 4.69) is 10.5 Å². The molecule has 0 fully saturated rings. The first-order valence-corrected chi connectivity index (χ1v) is 6.80. The maximum absolute atomic E-state index is 12.8. The minimum atomic E-state index is -0.379. The van der Waals surface area contributed by atoms with Crippen LogP contribution >= 0.6 is 0 Å². The van der Waals surface area contributed by atoms with Crippen LogP contribution in [-0.2, 0) is 0 Å². The standard InChI is InChI=1S/C18H13FN2O/c19-17-9-7-15(8-10-17)18(22)21-20-12-13-5-6-14-3-1-2-4-16(14)11-13/h1-12H,(H,21,22). The molecule has 0 unspecified atom stereocenters. The van der Waals surface area contributed by atoms with Crippen molar-refractivity contribution in [1.29, 1.82) is 0 Å². The molecule has 0 radical (unpaired) electrons. The Morgan fingerprint density at radius 2 is 1.68 bits per heavy atom. The monoisotopic (exact) mass is 292 g/mol. The summed E-state index contributed by atoms with van der Waals surface area (Å²) in [7, 11) is 0. The lowest BCUT2D eigenvalue weighted by Crippen LogP contribution is -2.17. The zero-order valence-corrected chi connectivity index (χ0v) is 11.7. The number of carbonyl (C=O) groups is 1. The Labute approximate surface area is 127 Å². The highest BCUT2D eigenvalue weighted by Gasteiger charge is 2.03. The first-order chi connectivity index (χ1) is 10.7. The maximum Gasteiger partial charge on any atom is 0.271 e. The highest BCUT2D eigenvalue weighted by Crippen LogP contribution is 2.14. The fraction of sp³-hybridized carbons (Fsp3) is 0. The van der Waals surface area contributed by atoms with Crippen molar-refractivity contribution in [2.45, 2.75) is 0 Å². The predicted octanol–water partition coefficient (Wildman–Crippen LogP) is 3.74. The molecule has 3 aromatic rings. The van der Waals surface area contributed by atoms with Crippen molar-refractivity contribution in [3.63, 3.8) is 0 Å². The van der Waals surface area contributed by atoms with Gasteiger partial charge in [-0.25, -0.2) is 9.82 Å². The lowest BCUT2D eigenvalue weighted by Gasteiger charge is -2.00. The number of benzene rings is 3. The normalized spacial score (nSPS) is 11.0. The van der Waals surface area contributed by atoms with E-state index in [9.17, 15) is 9.18 Å². The van der Waals surface area contributed by atoms with Gasteiger partial charge < -0.3 is 0 Å². The van der Waals surface area contributed by atoms with Crippen molar-refractivity contribution in [1.82, 2.24) is 5.43 Å². The quantitative estimate of drug-likeness (QED) is 0.580. The minimum absolute atomic E-state index is 0.358. The van der Waals surface area contributed by atoms with Gasteiger partial charge in [0.05, 0.1) is 6.21 Å². The van der Waals surface area contributed by atoms with Crippen LogP contribution in [0.5, 0.6) is 0 Å². The average Bonchev–Trinajstić information content (AvgIpc) is 2.55. The van der Waals surface area contributed by atoms with Crippen molar-refractivity contribution < 1.29 is 9.18 Å². The summed E-state index contributed by atoms with van der Waals surface area (Å²) in [5, 5.41) is 6.18. The second kappa shape index (κ2) is 6.18. The Morgan fingerprint density at radius 3 is 2.45 bits per heavy atom. The second-order valence-electron chi connectivity index (χ2n) is 4.81. The Morgan fingerprint density at radius 1 is 0.955 bits per heavy atom. The smallest absolute Gasteiger partial charge is 0.267 e. The lowest BCUT2D eigenvalue weighted by molar-refractivity contribution is 0.0955. The van der Waals surface area contributed by atoms with E-state index in [-0.39, 0.29) is 11.7 Å². The number of hydrogen-bond acceptors (Lipinski definition) is 2. The molecule has 0 bridgehead atoms. The predicted molar refractivity (Wildman–Crippen MR) is 85.4 cm³/mol. The molecule has 0 aliphatic rings. The molecule has 0 aliphatic carbocycles. The van der Waals surface area contributed by atoms with Gasteiger partial charge >= 0.3 is 0 Å². The van der Waals surface area contributed by atoms with Gasteiger partial charge in [-0.3, -0.25) is 4.79 Å². The first kappa shape index (κ1) is 13.9. The fourth-order valence-electron chi connectivity index (χ4n) is 2.12. The number of amides is 1. The molecule has 0 saturated heterocycles. The summed E-state index contributed by atoms with van der Waals surface area (Å²) in [6.45, 7) is 0. The molecule has 3 nitrogen and oxygen atoms in total. The number of hydrazone groups is 1. The summed E-state index contributed by atoms with van der Waals surface area (Å²) in [6, 6.07) is 19.2. The van der Waals surface area contributed by atoms with Gasteiger partial charge in [-0.05, 0) is 46.7 Å². The molecule has 3 rings (SSSR count).